The molecule has 0 aromatic rings. The van der Waals surface area contributed by atoms with Crippen LogP contribution in [-0.2, 0) is 4.74 Å². The van der Waals surface area contributed by atoms with Crippen LogP contribution in [0, 0.1) is 5.92 Å². The summed E-state index contributed by atoms with van der Waals surface area (Å²) in [6.45, 7) is 8.17. The maximum atomic E-state index is 6.30. The average molecular weight is 203 g/mol. The first-order valence-corrected chi connectivity index (χ1v) is 5.28. The summed E-state index contributed by atoms with van der Waals surface area (Å²) >= 11 is 6.30. The lowest BCUT2D eigenvalue weighted by molar-refractivity contribution is -0.0266. The smallest absolute Gasteiger partial charge is 0.0814 e. The summed E-state index contributed by atoms with van der Waals surface area (Å²) in [6.07, 6.45) is 3.19. The van der Waals surface area contributed by atoms with E-state index in [4.69, 9.17) is 16.3 Å². The minimum absolute atomic E-state index is 0.118. The number of alkyl halides is 1. The van der Waals surface area contributed by atoms with Crippen molar-refractivity contribution in [1.29, 1.82) is 0 Å². The van der Waals surface area contributed by atoms with E-state index in [1.54, 1.807) is 7.11 Å². The highest BCUT2D eigenvalue weighted by molar-refractivity contribution is 6.21. The van der Waals surface area contributed by atoms with E-state index in [9.17, 15) is 0 Å². The van der Waals surface area contributed by atoms with Gasteiger partial charge in [0.2, 0.25) is 0 Å². The highest BCUT2D eigenvalue weighted by atomic mass is 35.5. The number of ether oxygens (including phenoxy) is 1. The Balaban J connectivity index is 2.61. The zero-order chi connectivity index (χ0) is 10.1. The molecule has 0 aromatic heterocycles. The number of hydrogen-bond donors (Lipinski definition) is 0. The third-order valence-corrected chi connectivity index (χ3v) is 3.95. The lowest BCUT2D eigenvalue weighted by Gasteiger charge is -2.40. The second kappa shape index (κ2) is 4.02. The molecule has 1 rings (SSSR count). The van der Waals surface area contributed by atoms with Crippen LogP contribution in [0.2, 0.25) is 0 Å². The second-order valence-electron chi connectivity index (χ2n) is 4.30. The van der Waals surface area contributed by atoms with Crippen molar-refractivity contribution in [3.63, 3.8) is 0 Å². The average Bonchev–Trinajstić information content (AvgIpc) is 2.09. The minimum Gasteiger partial charge on any atom is -0.377 e. The van der Waals surface area contributed by atoms with Crippen molar-refractivity contribution in [3.8, 4) is 0 Å². The van der Waals surface area contributed by atoms with Gasteiger partial charge in [-0.05, 0) is 39.0 Å². The van der Waals surface area contributed by atoms with Gasteiger partial charge in [-0.3, -0.25) is 0 Å². The van der Waals surface area contributed by atoms with E-state index in [0.717, 1.165) is 19.3 Å². The Hall–Kier alpha value is -0.0100. The van der Waals surface area contributed by atoms with Crippen molar-refractivity contribution in [2.75, 3.05) is 7.11 Å². The molecule has 0 aromatic carbocycles. The first kappa shape index (κ1) is 11.1. The van der Waals surface area contributed by atoms with Gasteiger partial charge in [0.1, 0.15) is 0 Å². The first-order valence-electron chi connectivity index (χ1n) is 4.84. The Labute approximate surface area is 86.1 Å². The van der Waals surface area contributed by atoms with Crippen LogP contribution >= 0.6 is 11.6 Å². The van der Waals surface area contributed by atoms with Gasteiger partial charge in [-0.2, -0.15) is 0 Å². The molecule has 3 unspecified atom stereocenters. The Morgan fingerprint density at radius 2 is 2.23 bits per heavy atom. The predicted octanol–water partition coefficient (Wildman–Crippen LogP) is 3.38. The van der Waals surface area contributed by atoms with Crippen molar-refractivity contribution in [3.05, 3.63) is 12.2 Å². The molecule has 1 fully saturated rings. The van der Waals surface area contributed by atoms with Crippen molar-refractivity contribution in [2.45, 2.75) is 44.1 Å². The lowest BCUT2D eigenvalue weighted by Crippen LogP contribution is -2.43. The van der Waals surface area contributed by atoms with Crippen LogP contribution in [0.5, 0.6) is 0 Å². The van der Waals surface area contributed by atoms with E-state index >= 15 is 0 Å². The first-order chi connectivity index (χ1) is 5.99. The van der Waals surface area contributed by atoms with E-state index in [1.807, 2.05) is 0 Å². The molecular weight excluding hydrogens is 184 g/mol. The third-order valence-electron chi connectivity index (χ3n) is 3.31. The molecule has 1 nitrogen and oxygen atoms in total. The summed E-state index contributed by atoms with van der Waals surface area (Å²) in [4.78, 5) is 0. The van der Waals surface area contributed by atoms with Crippen molar-refractivity contribution < 1.29 is 4.74 Å². The minimum atomic E-state index is -0.131. The summed E-state index contributed by atoms with van der Waals surface area (Å²) in [5.41, 5.74) is 1.12. The van der Waals surface area contributed by atoms with E-state index < -0.39 is 0 Å². The van der Waals surface area contributed by atoms with Crippen molar-refractivity contribution in [2.24, 2.45) is 5.92 Å². The third kappa shape index (κ3) is 2.26. The molecule has 0 amide bonds. The van der Waals surface area contributed by atoms with Gasteiger partial charge in [0.25, 0.3) is 0 Å². The van der Waals surface area contributed by atoms with E-state index in [1.165, 1.54) is 5.57 Å². The van der Waals surface area contributed by atoms with Crippen LogP contribution in [0.3, 0.4) is 0 Å². The zero-order valence-corrected chi connectivity index (χ0v) is 9.53. The van der Waals surface area contributed by atoms with Gasteiger partial charge in [-0.1, -0.05) is 12.2 Å². The molecule has 2 heteroatoms. The Morgan fingerprint density at radius 3 is 2.62 bits per heavy atom. The van der Waals surface area contributed by atoms with Crippen LogP contribution < -0.4 is 0 Å². The molecule has 0 radical (unpaired) electrons. The molecule has 1 aliphatic rings. The highest BCUT2D eigenvalue weighted by Crippen LogP contribution is 2.39. The molecule has 13 heavy (non-hydrogen) atoms. The predicted molar refractivity (Wildman–Crippen MR) is 57.2 cm³/mol. The normalized spacial score (nSPS) is 40.3. The van der Waals surface area contributed by atoms with E-state index in [2.05, 4.69) is 20.4 Å². The molecule has 0 aliphatic heterocycles. The fraction of sp³-hybridized carbons (Fsp3) is 0.818. The van der Waals surface area contributed by atoms with Gasteiger partial charge in [-0.15, -0.1) is 11.6 Å². The topological polar surface area (TPSA) is 9.23 Å². The lowest BCUT2D eigenvalue weighted by atomic mass is 9.77. The molecule has 0 spiro atoms. The van der Waals surface area contributed by atoms with Gasteiger partial charge in [0, 0.05) is 7.11 Å². The Bertz CT molecular complexity index is 202. The highest BCUT2D eigenvalue weighted by Gasteiger charge is 2.39. The number of rotatable bonds is 2. The molecule has 1 aliphatic carbocycles. The monoisotopic (exact) mass is 202 g/mol. The van der Waals surface area contributed by atoms with Crippen LogP contribution in [0.1, 0.15) is 33.1 Å². The molecule has 3 atom stereocenters. The van der Waals surface area contributed by atoms with Crippen molar-refractivity contribution in [1.82, 2.24) is 0 Å². The molecule has 0 heterocycles. The summed E-state index contributed by atoms with van der Waals surface area (Å²) < 4.78 is 5.46. The summed E-state index contributed by atoms with van der Waals surface area (Å²) in [5.74, 6) is 0.589. The van der Waals surface area contributed by atoms with Gasteiger partial charge in [-0.25, -0.2) is 0 Å². The zero-order valence-electron chi connectivity index (χ0n) is 8.77. The standard InChI is InChI=1S/C11H19ClO/c1-8(2)9-5-6-11(3,13-4)10(12)7-9/h9-10H,1,5-7H2,2-4H3. The molecule has 0 saturated heterocycles. The molecule has 0 N–H and O–H groups in total. The number of methoxy groups -OCH3 is 1. The van der Waals surface area contributed by atoms with Crippen LogP contribution in [0.25, 0.3) is 0 Å². The maximum absolute atomic E-state index is 6.30. The molecule has 1 saturated carbocycles. The maximum Gasteiger partial charge on any atom is 0.0814 e. The quantitative estimate of drug-likeness (QED) is 0.493. The largest absolute Gasteiger partial charge is 0.377 e. The summed E-state index contributed by atoms with van der Waals surface area (Å²) in [7, 11) is 1.75. The van der Waals surface area contributed by atoms with E-state index in [-0.39, 0.29) is 11.0 Å². The summed E-state index contributed by atoms with van der Waals surface area (Å²) in [6, 6.07) is 0. The fourth-order valence-corrected chi connectivity index (χ4v) is 2.33. The SMILES string of the molecule is C=C(C)C1CCC(C)(OC)C(Cl)C1. The van der Waals surface area contributed by atoms with Crippen LogP contribution in [-0.4, -0.2) is 18.1 Å². The summed E-state index contributed by atoms with van der Waals surface area (Å²) in [5, 5.41) is 0.118. The number of hydrogen-bond acceptors (Lipinski definition) is 1. The van der Waals surface area contributed by atoms with Crippen molar-refractivity contribution >= 4 is 11.6 Å². The number of allylic oxidation sites excluding steroid dienone is 1. The Morgan fingerprint density at radius 1 is 1.62 bits per heavy atom. The van der Waals surface area contributed by atoms with E-state index in [0.29, 0.717) is 5.92 Å². The van der Waals surface area contributed by atoms with Gasteiger partial charge >= 0.3 is 0 Å². The van der Waals surface area contributed by atoms with Gasteiger partial charge in [0.05, 0.1) is 11.0 Å². The second-order valence-corrected chi connectivity index (χ2v) is 4.83. The molecule has 0 bridgehead atoms. The van der Waals surface area contributed by atoms with Crippen LogP contribution in [0.15, 0.2) is 12.2 Å². The fourth-order valence-electron chi connectivity index (χ4n) is 1.91. The van der Waals surface area contributed by atoms with Gasteiger partial charge in [0.15, 0.2) is 0 Å². The van der Waals surface area contributed by atoms with Gasteiger partial charge < -0.3 is 4.74 Å². The number of halogens is 1. The molecular formula is C11H19ClO. The van der Waals surface area contributed by atoms with Crippen LogP contribution in [0.4, 0.5) is 0 Å². The molecule has 76 valence electrons. The Kier molecular flexibility index (Phi) is 3.42.